The van der Waals surface area contributed by atoms with Gasteiger partial charge in [-0.05, 0) is 62.4 Å². The van der Waals surface area contributed by atoms with Gasteiger partial charge in [-0.1, -0.05) is 84.5 Å². The van der Waals surface area contributed by atoms with Crippen LogP contribution in [0.5, 0.6) is 17.2 Å². The van der Waals surface area contributed by atoms with Crippen LogP contribution in [-0.2, 0) is 0 Å². The Balaban J connectivity index is 0. The molecule has 0 heterocycles. The number of ether oxygens (including phenoxy) is 3. The molecule has 2 rings (SSSR count). The topological polar surface area (TPSA) is 27.7 Å². The summed E-state index contributed by atoms with van der Waals surface area (Å²) in [5.41, 5.74) is -0.753. The Morgan fingerprint density at radius 2 is 1.31 bits per heavy atom. The zero-order chi connectivity index (χ0) is 27.3. The van der Waals surface area contributed by atoms with Crippen LogP contribution in [0.4, 0.5) is 4.39 Å². The summed E-state index contributed by atoms with van der Waals surface area (Å²) in [6, 6.07) is 17.6. The Bertz CT molecular complexity index is 790. The highest BCUT2D eigenvalue weighted by molar-refractivity contribution is 5.32. The summed E-state index contributed by atoms with van der Waals surface area (Å²) < 4.78 is 28.9. The molecule has 0 bridgehead atoms. The lowest BCUT2D eigenvalue weighted by atomic mass is 10.0. The summed E-state index contributed by atoms with van der Waals surface area (Å²) in [6.07, 6.45) is 3.46. The molecule has 0 amide bonds. The van der Waals surface area contributed by atoms with Crippen molar-refractivity contribution in [2.45, 2.75) is 68.0 Å². The second-order valence-electron chi connectivity index (χ2n) is 8.90. The van der Waals surface area contributed by atoms with Gasteiger partial charge in [0.15, 0.2) is 0 Å². The lowest BCUT2D eigenvalue weighted by molar-refractivity contribution is 0.269. The summed E-state index contributed by atoms with van der Waals surface area (Å²) in [5, 5.41) is 0. The first-order valence-corrected chi connectivity index (χ1v) is 12.4. The number of hydrogen-bond acceptors (Lipinski definition) is 3. The molecule has 0 saturated heterocycles. The van der Waals surface area contributed by atoms with Crippen molar-refractivity contribution in [3.8, 4) is 17.2 Å². The third-order valence-corrected chi connectivity index (χ3v) is 4.08. The number of alkyl halides is 1. The molecule has 0 unspecified atom stereocenters. The van der Waals surface area contributed by atoms with E-state index in [1.165, 1.54) is 13.8 Å². The molecule has 2 aromatic rings. The Morgan fingerprint density at radius 3 is 1.71 bits per heavy atom. The van der Waals surface area contributed by atoms with Crippen molar-refractivity contribution in [3.63, 3.8) is 0 Å². The van der Waals surface area contributed by atoms with E-state index in [2.05, 4.69) is 34.3 Å². The maximum Gasteiger partial charge on any atom is 0.129 e. The highest BCUT2D eigenvalue weighted by Gasteiger charge is 2.16. The van der Waals surface area contributed by atoms with Crippen molar-refractivity contribution in [2.24, 2.45) is 11.8 Å². The molecular formula is C31H49FO3. The van der Waals surface area contributed by atoms with Crippen LogP contribution in [0.15, 0.2) is 78.9 Å². The minimum absolute atomic E-state index is 0.519. The summed E-state index contributed by atoms with van der Waals surface area (Å²) in [4.78, 5) is 0. The van der Waals surface area contributed by atoms with Crippen molar-refractivity contribution >= 4 is 0 Å². The van der Waals surface area contributed by atoms with Crippen LogP contribution >= 0.6 is 0 Å². The average molecular weight is 489 g/mol. The predicted octanol–water partition coefficient (Wildman–Crippen LogP) is 9.34. The fraction of sp³-hybridized carbons (Fsp3) is 0.484. The lowest BCUT2D eigenvalue weighted by Crippen LogP contribution is -2.12. The Labute approximate surface area is 215 Å². The van der Waals surface area contributed by atoms with Gasteiger partial charge in [0.2, 0.25) is 0 Å². The Morgan fingerprint density at radius 1 is 0.857 bits per heavy atom. The number of benzene rings is 2. The van der Waals surface area contributed by atoms with E-state index in [1.807, 2.05) is 75.4 Å². The van der Waals surface area contributed by atoms with Gasteiger partial charge in [0.05, 0.1) is 20.3 Å². The van der Waals surface area contributed by atoms with Crippen molar-refractivity contribution < 1.29 is 18.6 Å². The van der Waals surface area contributed by atoms with Gasteiger partial charge in [-0.25, -0.2) is 4.39 Å². The number of hydrogen-bond donors (Lipinski definition) is 0. The van der Waals surface area contributed by atoms with Crippen LogP contribution < -0.4 is 14.2 Å². The Hall–Kier alpha value is -2.75. The van der Waals surface area contributed by atoms with Gasteiger partial charge in [0, 0.05) is 6.07 Å². The molecule has 0 spiro atoms. The van der Waals surface area contributed by atoms with E-state index in [1.54, 1.807) is 19.3 Å². The third-order valence-electron chi connectivity index (χ3n) is 4.08. The van der Waals surface area contributed by atoms with E-state index in [-0.39, 0.29) is 0 Å². The molecule has 0 atom stereocenters. The molecule has 0 aliphatic carbocycles. The fourth-order valence-corrected chi connectivity index (χ4v) is 2.13. The Kier molecular flexibility index (Phi) is 20.3. The molecule has 0 N–H and O–H groups in total. The van der Waals surface area contributed by atoms with Gasteiger partial charge in [0.1, 0.15) is 22.9 Å². The molecule has 2 aromatic carbocycles. The number of para-hydroxylation sites is 1. The average Bonchev–Trinajstić information content (AvgIpc) is 2.84. The highest BCUT2D eigenvalue weighted by atomic mass is 19.1. The van der Waals surface area contributed by atoms with Gasteiger partial charge in [-0.3, -0.25) is 0 Å². The molecule has 4 heteroatoms. The van der Waals surface area contributed by atoms with E-state index in [0.717, 1.165) is 30.5 Å². The smallest absolute Gasteiger partial charge is 0.129 e. The molecule has 35 heavy (non-hydrogen) atoms. The molecule has 0 radical (unpaired) electrons. The third kappa shape index (κ3) is 20.3. The van der Waals surface area contributed by atoms with E-state index in [4.69, 9.17) is 14.2 Å². The minimum atomic E-state index is -1.27. The second-order valence-corrected chi connectivity index (χ2v) is 8.90. The maximum atomic E-state index is 12.8. The minimum Gasteiger partial charge on any atom is -0.497 e. The van der Waals surface area contributed by atoms with Crippen LogP contribution in [-0.4, -0.2) is 26.0 Å². The summed E-state index contributed by atoms with van der Waals surface area (Å²) in [7, 11) is 1.65. The summed E-state index contributed by atoms with van der Waals surface area (Å²) in [6.45, 7) is 22.5. The molecule has 0 aliphatic rings. The monoisotopic (exact) mass is 488 g/mol. The quantitative estimate of drug-likeness (QED) is 0.329. The van der Waals surface area contributed by atoms with Crippen LogP contribution in [0.25, 0.3) is 0 Å². The van der Waals surface area contributed by atoms with Gasteiger partial charge in [-0.2, -0.15) is 0 Å². The molecule has 0 aliphatic heterocycles. The highest BCUT2D eigenvalue weighted by Crippen LogP contribution is 2.20. The molecule has 198 valence electrons. The van der Waals surface area contributed by atoms with Gasteiger partial charge >= 0.3 is 0 Å². The zero-order valence-corrected chi connectivity index (χ0v) is 23.7. The largest absolute Gasteiger partial charge is 0.497 e. The zero-order valence-electron chi connectivity index (χ0n) is 23.7. The van der Waals surface area contributed by atoms with Crippen molar-refractivity contribution in [2.75, 3.05) is 20.3 Å². The summed E-state index contributed by atoms with van der Waals surface area (Å²) in [5.74, 6) is 3.80. The number of rotatable bonds is 9. The van der Waals surface area contributed by atoms with Crippen molar-refractivity contribution in [3.05, 3.63) is 78.9 Å². The SMILES string of the molecule is C=C(/C=C\C)C(C)(C)F.CC.CC(C)COc1ccccc1.COc1cccc(OCC(C)C)c1. The number of methoxy groups -OCH3 is 1. The first-order valence-electron chi connectivity index (χ1n) is 12.4. The van der Waals surface area contributed by atoms with E-state index in [9.17, 15) is 4.39 Å². The van der Waals surface area contributed by atoms with Crippen LogP contribution in [0.2, 0.25) is 0 Å². The van der Waals surface area contributed by atoms with Crippen molar-refractivity contribution in [1.29, 1.82) is 0 Å². The van der Waals surface area contributed by atoms with Gasteiger partial charge < -0.3 is 14.2 Å². The van der Waals surface area contributed by atoms with E-state index < -0.39 is 5.67 Å². The van der Waals surface area contributed by atoms with Crippen molar-refractivity contribution in [1.82, 2.24) is 0 Å². The molecule has 3 nitrogen and oxygen atoms in total. The molecule has 0 saturated carbocycles. The van der Waals surface area contributed by atoms with Crippen LogP contribution in [0, 0.1) is 11.8 Å². The normalized spacial score (nSPS) is 10.3. The first-order chi connectivity index (χ1) is 16.5. The van der Waals surface area contributed by atoms with Gasteiger partial charge in [-0.15, -0.1) is 0 Å². The molecule has 0 aromatic heterocycles. The number of halogens is 1. The summed E-state index contributed by atoms with van der Waals surface area (Å²) >= 11 is 0. The predicted molar refractivity (Wildman–Crippen MR) is 151 cm³/mol. The van der Waals surface area contributed by atoms with Gasteiger partial charge in [0.25, 0.3) is 0 Å². The molecule has 0 fully saturated rings. The van der Waals surface area contributed by atoms with E-state index in [0.29, 0.717) is 17.4 Å². The number of allylic oxidation sites excluding steroid dienone is 3. The first kappa shape index (κ1) is 34.4. The van der Waals surface area contributed by atoms with E-state index >= 15 is 0 Å². The lowest BCUT2D eigenvalue weighted by Gasteiger charge is -2.13. The molecular weight excluding hydrogens is 439 g/mol. The second kappa shape index (κ2) is 20.6. The standard InChI is InChI=1S/C11H16O2.C10H14O.C8H13F.C2H6/c1-9(2)8-13-11-6-4-5-10(7-11)12-3;1-9(2)8-11-10-6-4-3-5-7-10;1-5-6-7(2)8(3,4)9;1-2/h4-7,9H,8H2,1-3H3;3-7,9H,8H2,1-2H3;5-6H,2H2,1,3-4H3;1-2H3/b;;6-5-;. The van der Waals surface area contributed by atoms with Crippen LogP contribution in [0.3, 0.4) is 0 Å². The van der Waals surface area contributed by atoms with Crippen LogP contribution in [0.1, 0.15) is 62.3 Å². The fourth-order valence-electron chi connectivity index (χ4n) is 2.13. The maximum absolute atomic E-state index is 12.8.